The molecule has 0 aliphatic heterocycles. The van der Waals surface area contributed by atoms with Crippen LogP contribution in [-0.2, 0) is 11.2 Å². The van der Waals surface area contributed by atoms with Gasteiger partial charge in [-0.2, -0.15) is 9.61 Å². The van der Waals surface area contributed by atoms with Crippen LogP contribution < -0.4 is 4.90 Å². The van der Waals surface area contributed by atoms with E-state index in [1.807, 2.05) is 42.3 Å². The highest BCUT2D eigenvalue weighted by molar-refractivity contribution is 5.59. The van der Waals surface area contributed by atoms with Crippen molar-refractivity contribution in [3.63, 3.8) is 0 Å². The van der Waals surface area contributed by atoms with Crippen molar-refractivity contribution >= 4 is 17.3 Å². The minimum atomic E-state index is -0.250. The lowest BCUT2D eigenvalue weighted by atomic mass is 10.1. The fourth-order valence-corrected chi connectivity index (χ4v) is 2.81. The first-order valence-corrected chi connectivity index (χ1v) is 8.93. The average molecular weight is 355 g/mol. The number of nitrogens with zero attached hydrogens (tertiary/aromatic N) is 5. The number of hydrogen-bond donors (Lipinski definition) is 1. The number of benzene rings is 1. The molecule has 1 N–H and O–H groups in total. The van der Waals surface area contributed by atoms with Crippen molar-refractivity contribution in [1.29, 1.82) is 0 Å². The molecule has 0 bridgehead atoms. The molecule has 7 nitrogen and oxygen atoms in total. The third-order valence-electron chi connectivity index (χ3n) is 4.31. The highest BCUT2D eigenvalue weighted by Gasteiger charge is 2.17. The summed E-state index contributed by atoms with van der Waals surface area (Å²) in [4.78, 5) is 10.7. The van der Waals surface area contributed by atoms with Gasteiger partial charge in [-0.05, 0) is 18.6 Å². The number of fused-ring (bicyclic) bond motifs is 1. The smallest absolute Gasteiger partial charge is 0.234 e. The Hall–Kier alpha value is -2.51. The van der Waals surface area contributed by atoms with Gasteiger partial charge in [-0.1, -0.05) is 31.5 Å². The lowest BCUT2D eigenvalue weighted by Gasteiger charge is -2.18. The number of unbranched alkanes of at least 4 members (excludes halogenated alkanes) is 1. The van der Waals surface area contributed by atoms with Crippen molar-refractivity contribution in [3.05, 3.63) is 48.4 Å². The zero-order valence-corrected chi connectivity index (χ0v) is 15.2. The number of para-hydroxylation sites is 1. The molecule has 0 saturated carbocycles. The molecule has 1 unspecified atom stereocenters. The third-order valence-corrected chi connectivity index (χ3v) is 4.31. The van der Waals surface area contributed by atoms with E-state index in [1.54, 1.807) is 17.0 Å². The van der Waals surface area contributed by atoms with Gasteiger partial charge in [0.15, 0.2) is 5.65 Å². The van der Waals surface area contributed by atoms with Gasteiger partial charge in [0.2, 0.25) is 5.95 Å². The van der Waals surface area contributed by atoms with E-state index >= 15 is 0 Å². The standard InChI is InChI=1S/C19H25N5O2/c1-3-4-10-26-17(13-25)11-15-12-22-24-18(15)20-14-21-19(24)23(2)16-8-6-5-7-9-16/h5-9,12,14,17,25H,3-4,10-11,13H2,1-2H3. The van der Waals surface area contributed by atoms with Crippen molar-refractivity contribution < 1.29 is 9.84 Å². The Balaban J connectivity index is 1.84. The Morgan fingerprint density at radius 2 is 2.04 bits per heavy atom. The molecule has 0 aliphatic rings. The normalized spacial score (nSPS) is 12.4. The maximum atomic E-state index is 9.59. The fraction of sp³-hybridized carbons (Fsp3) is 0.421. The maximum Gasteiger partial charge on any atom is 0.234 e. The number of aromatic nitrogens is 4. The predicted molar refractivity (Wildman–Crippen MR) is 101 cm³/mol. The SMILES string of the molecule is CCCCOC(CO)Cc1cnn2c(N(C)c3ccccc3)ncnc12. The third kappa shape index (κ3) is 4.00. The van der Waals surface area contributed by atoms with E-state index in [-0.39, 0.29) is 12.7 Å². The van der Waals surface area contributed by atoms with Crippen LogP contribution in [0.15, 0.2) is 42.9 Å². The number of rotatable bonds is 9. The molecule has 26 heavy (non-hydrogen) atoms. The van der Waals surface area contributed by atoms with Crippen LogP contribution in [0.3, 0.4) is 0 Å². The molecule has 7 heteroatoms. The van der Waals surface area contributed by atoms with Crippen molar-refractivity contribution in [3.8, 4) is 0 Å². The van der Waals surface area contributed by atoms with E-state index in [4.69, 9.17) is 4.74 Å². The van der Waals surface area contributed by atoms with E-state index < -0.39 is 0 Å². The maximum absolute atomic E-state index is 9.59. The fourth-order valence-electron chi connectivity index (χ4n) is 2.81. The number of anilines is 2. The molecule has 3 aromatic rings. The van der Waals surface area contributed by atoms with Crippen molar-refractivity contribution in [2.45, 2.75) is 32.3 Å². The van der Waals surface area contributed by atoms with Crippen molar-refractivity contribution in [1.82, 2.24) is 19.6 Å². The van der Waals surface area contributed by atoms with Crippen LogP contribution in [0, 0.1) is 0 Å². The lowest BCUT2D eigenvalue weighted by molar-refractivity contribution is 0.0124. The molecule has 1 aromatic carbocycles. The molecule has 3 rings (SSSR count). The molecular formula is C19H25N5O2. The topological polar surface area (TPSA) is 75.8 Å². The summed E-state index contributed by atoms with van der Waals surface area (Å²) in [6.07, 6.45) is 5.69. The highest BCUT2D eigenvalue weighted by Crippen LogP contribution is 2.22. The van der Waals surface area contributed by atoms with Gasteiger partial charge in [0, 0.05) is 31.3 Å². The molecule has 1 atom stereocenters. The van der Waals surface area contributed by atoms with Crippen LogP contribution in [0.1, 0.15) is 25.3 Å². The summed E-state index contributed by atoms with van der Waals surface area (Å²) in [5, 5.41) is 14.1. The summed E-state index contributed by atoms with van der Waals surface area (Å²) in [5.74, 6) is 0.680. The highest BCUT2D eigenvalue weighted by atomic mass is 16.5. The van der Waals surface area contributed by atoms with Gasteiger partial charge in [-0.3, -0.25) is 0 Å². The predicted octanol–water partition coefficient (Wildman–Crippen LogP) is 2.61. The summed E-state index contributed by atoms with van der Waals surface area (Å²) in [5.41, 5.74) is 2.68. The largest absolute Gasteiger partial charge is 0.394 e. The monoisotopic (exact) mass is 355 g/mol. The number of aliphatic hydroxyl groups excluding tert-OH is 1. The average Bonchev–Trinajstić information content (AvgIpc) is 3.10. The molecule has 0 amide bonds. The Labute approximate surface area is 153 Å². The van der Waals surface area contributed by atoms with Crippen LogP contribution in [0.2, 0.25) is 0 Å². The molecular weight excluding hydrogens is 330 g/mol. The number of ether oxygens (including phenoxy) is 1. The second-order valence-electron chi connectivity index (χ2n) is 6.21. The van der Waals surface area contributed by atoms with Gasteiger partial charge in [0.05, 0.1) is 18.9 Å². The minimum Gasteiger partial charge on any atom is -0.394 e. The molecule has 2 heterocycles. The molecule has 0 radical (unpaired) electrons. The first-order chi connectivity index (χ1) is 12.7. The van der Waals surface area contributed by atoms with E-state index in [9.17, 15) is 5.11 Å². The van der Waals surface area contributed by atoms with Gasteiger partial charge >= 0.3 is 0 Å². The van der Waals surface area contributed by atoms with E-state index in [0.717, 1.165) is 29.7 Å². The number of hydrogen-bond acceptors (Lipinski definition) is 6. The quantitative estimate of drug-likeness (QED) is 0.595. The van der Waals surface area contributed by atoms with Crippen molar-refractivity contribution in [2.24, 2.45) is 0 Å². The first-order valence-electron chi connectivity index (χ1n) is 8.93. The van der Waals surface area contributed by atoms with Gasteiger partial charge in [-0.25, -0.2) is 9.97 Å². The van der Waals surface area contributed by atoms with Crippen LogP contribution in [0.25, 0.3) is 5.65 Å². The van der Waals surface area contributed by atoms with Gasteiger partial charge in [0.1, 0.15) is 6.33 Å². The Kier molecular flexibility index (Phi) is 6.14. The van der Waals surface area contributed by atoms with E-state index in [2.05, 4.69) is 22.0 Å². The molecule has 2 aromatic heterocycles. The first kappa shape index (κ1) is 18.3. The molecule has 0 aliphatic carbocycles. The Bertz CT molecular complexity index is 821. The lowest BCUT2D eigenvalue weighted by Crippen LogP contribution is -2.21. The van der Waals surface area contributed by atoms with Crippen LogP contribution >= 0.6 is 0 Å². The van der Waals surface area contributed by atoms with Gasteiger partial charge in [0.25, 0.3) is 0 Å². The summed E-state index contributed by atoms with van der Waals surface area (Å²) >= 11 is 0. The van der Waals surface area contributed by atoms with Crippen LogP contribution in [-0.4, -0.2) is 51.1 Å². The van der Waals surface area contributed by atoms with Crippen LogP contribution in [0.4, 0.5) is 11.6 Å². The minimum absolute atomic E-state index is 0.0249. The van der Waals surface area contributed by atoms with Gasteiger partial charge in [-0.15, -0.1) is 0 Å². The molecule has 0 spiro atoms. The van der Waals surface area contributed by atoms with Crippen LogP contribution in [0.5, 0.6) is 0 Å². The Morgan fingerprint density at radius 3 is 2.77 bits per heavy atom. The molecule has 138 valence electrons. The molecule has 0 fully saturated rings. The molecule has 0 saturated heterocycles. The van der Waals surface area contributed by atoms with E-state index in [1.165, 1.54) is 0 Å². The summed E-state index contributed by atoms with van der Waals surface area (Å²) in [6.45, 7) is 2.74. The zero-order valence-electron chi connectivity index (χ0n) is 15.2. The second kappa shape index (κ2) is 8.73. The number of aliphatic hydroxyl groups is 1. The summed E-state index contributed by atoms with van der Waals surface area (Å²) in [6, 6.07) is 9.98. The summed E-state index contributed by atoms with van der Waals surface area (Å²) in [7, 11) is 1.95. The zero-order chi connectivity index (χ0) is 18.4. The van der Waals surface area contributed by atoms with Gasteiger partial charge < -0.3 is 14.7 Å². The Morgan fingerprint density at radius 1 is 1.23 bits per heavy atom. The summed E-state index contributed by atoms with van der Waals surface area (Å²) < 4.78 is 7.49. The van der Waals surface area contributed by atoms with Crippen molar-refractivity contribution in [2.75, 3.05) is 25.2 Å². The van der Waals surface area contributed by atoms with E-state index in [0.29, 0.717) is 19.0 Å². The second-order valence-corrected chi connectivity index (χ2v) is 6.21.